The number of benzene rings is 1. The van der Waals surface area contributed by atoms with Crippen molar-refractivity contribution >= 4 is 27.7 Å². The van der Waals surface area contributed by atoms with Crippen LogP contribution in [0.2, 0.25) is 0 Å². The van der Waals surface area contributed by atoms with Crippen molar-refractivity contribution in [1.82, 2.24) is 5.32 Å². The maximum atomic E-state index is 3.60. The molecule has 1 aliphatic carbocycles. The second-order valence-electron chi connectivity index (χ2n) is 6.30. The lowest BCUT2D eigenvalue weighted by Crippen LogP contribution is -2.22. The Morgan fingerprint density at radius 1 is 1.35 bits per heavy atom. The van der Waals surface area contributed by atoms with E-state index in [9.17, 15) is 0 Å². The average Bonchev–Trinajstić information content (AvgIpc) is 2.39. The van der Waals surface area contributed by atoms with Gasteiger partial charge in [0.05, 0.1) is 0 Å². The molecule has 0 amide bonds. The minimum absolute atomic E-state index is 0.529. The van der Waals surface area contributed by atoms with E-state index in [1.54, 1.807) is 0 Å². The normalized spacial score (nSPS) is 23.2. The highest BCUT2D eigenvalue weighted by Crippen LogP contribution is 2.38. The molecule has 2 atom stereocenters. The van der Waals surface area contributed by atoms with Crippen LogP contribution < -0.4 is 5.32 Å². The highest BCUT2D eigenvalue weighted by atomic mass is 79.9. The van der Waals surface area contributed by atoms with Crippen LogP contribution in [0.25, 0.3) is 0 Å². The Morgan fingerprint density at radius 3 is 2.85 bits per heavy atom. The zero-order valence-corrected chi connectivity index (χ0v) is 15.2. The Hall–Kier alpha value is 0.01000. The number of rotatable bonds is 5. The van der Waals surface area contributed by atoms with Crippen molar-refractivity contribution in [2.75, 3.05) is 0 Å². The summed E-state index contributed by atoms with van der Waals surface area (Å²) >= 11 is 5.70. The third-order valence-corrected chi connectivity index (χ3v) is 5.81. The lowest BCUT2D eigenvalue weighted by Gasteiger charge is -2.27. The van der Waals surface area contributed by atoms with Gasteiger partial charge in [0.25, 0.3) is 0 Å². The van der Waals surface area contributed by atoms with Gasteiger partial charge in [-0.3, -0.25) is 0 Å². The summed E-state index contributed by atoms with van der Waals surface area (Å²) in [5.41, 5.74) is 1.43. The molecular formula is C17H26BrNS. The monoisotopic (exact) mass is 355 g/mol. The first kappa shape index (κ1) is 16.4. The van der Waals surface area contributed by atoms with Gasteiger partial charge >= 0.3 is 0 Å². The van der Waals surface area contributed by atoms with E-state index in [-0.39, 0.29) is 0 Å². The summed E-state index contributed by atoms with van der Waals surface area (Å²) in [6.07, 6.45) is 5.56. The molecule has 1 N–H and O–H groups in total. The molecular weight excluding hydrogens is 330 g/mol. The molecule has 2 unspecified atom stereocenters. The van der Waals surface area contributed by atoms with E-state index >= 15 is 0 Å². The van der Waals surface area contributed by atoms with E-state index in [1.165, 1.54) is 40.6 Å². The first-order valence-corrected chi connectivity index (χ1v) is 9.40. The summed E-state index contributed by atoms with van der Waals surface area (Å²) in [5.74, 6) is 0.897. The molecule has 1 nitrogen and oxygen atoms in total. The number of hydrogen-bond donors (Lipinski definition) is 1. The molecule has 2 rings (SSSR count). The fourth-order valence-electron chi connectivity index (χ4n) is 2.78. The summed E-state index contributed by atoms with van der Waals surface area (Å²) in [5, 5.41) is 4.34. The van der Waals surface area contributed by atoms with Crippen LogP contribution >= 0.6 is 27.7 Å². The summed E-state index contributed by atoms with van der Waals surface area (Å²) < 4.78 is 1.18. The van der Waals surface area contributed by atoms with Crippen molar-refractivity contribution in [2.24, 2.45) is 5.92 Å². The van der Waals surface area contributed by atoms with Gasteiger partial charge in [-0.25, -0.2) is 0 Å². The minimum Gasteiger partial charge on any atom is -0.310 e. The smallest absolute Gasteiger partial charge is 0.0219 e. The van der Waals surface area contributed by atoms with E-state index in [2.05, 4.69) is 72.0 Å². The minimum atomic E-state index is 0.529. The first-order chi connectivity index (χ1) is 9.54. The van der Waals surface area contributed by atoms with Crippen molar-refractivity contribution in [1.29, 1.82) is 0 Å². The molecule has 0 aromatic heterocycles. The molecule has 0 saturated heterocycles. The molecule has 0 bridgehead atoms. The number of hydrogen-bond acceptors (Lipinski definition) is 2. The maximum absolute atomic E-state index is 3.60. The van der Waals surface area contributed by atoms with Gasteiger partial charge in [0.15, 0.2) is 0 Å². The largest absolute Gasteiger partial charge is 0.310 e. The highest BCUT2D eigenvalue weighted by molar-refractivity contribution is 9.10. The Balaban J connectivity index is 2.05. The third-order valence-electron chi connectivity index (χ3n) is 3.91. The molecule has 0 spiro atoms. The average molecular weight is 356 g/mol. The maximum Gasteiger partial charge on any atom is 0.0219 e. The van der Waals surface area contributed by atoms with E-state index in [0.717, 1.165) is 17.7 Å². The van der Waals surface area contributed by atoms with Crippen LogP contribution in [0.5, 0.6) is 0 Å². The van der Waals surface area contributed by atoms with Crippen LogP contribution in [-0.4, -0.2) is 11.3 Å². The summed E-state index contributed by atoms with van der Waals surface area (Å²) in [7, 11) is 0. The lowest BCUT2D eigenvalue weighted by molar-refractivity contribution is 0.394. The van der Waals surface area contributed by atoms with Gasteiger partial charge in [0.2, 0.25) is 0 Å². The summed E-state index contributed by atoms with van der Waals surface area (Å²) in [4.78, 5) is 1.46. The zero-order chi connectivity index (χ0) is 14.5. The molecule has 1 fully saturated rings. The molecule has 0 heterocycles. The number of halogens is 1. The Bertz CT molecular complexity index is 433. The van der Waals surface area contributed by atoms with Crippen LogP contribution in [0, 0.1) is 5.92 Å². The van der Waals surface area contributed by atoms with Crippen LogP contribution in [0.15, 0.2) is 27.6 Å². The fraction of sp³-hybridized carbons (Fsp3) is 0.647. The van der Waals surface area contributed by atoms with Crippen LogP contribution in [-0.2, 0) is 6.54 Å². The molecule has 3 heteroatoms. The summed E-state index contributed by atoms with van der Waals surface area (Å²) in [6, 6.07) is 7.25. The van der Waals surface area contributed by atoms with Gasteiger partial charge in [0, 0.05) is 27.2 Å². The molecule has 1 saturated carbocycles. The van der Waals surface area contributed by atoms with Gasteiger partial charge in [-0.05, 0) is 42.5 Å². The van der Waals surface area contributed by atoms with Gasteiger partial charge in [-0.1, -0.05) is 49.5 Å². The SMILES string of the molecule is CC1CCCC(Sc2ccc(Br)cc2CNC(C)C)C1. The molecule has 1 aromatic rings. The predicted molar refractivity (Wildman–Crippen MR) is 93.4 cm³/mol. The number of thioether (sulfide) groups is 1. The van der Waals surface area contributed by atoms with Crippen LogP contribution in [0.1, 0.15) is 52.0 Å². The molecule has 0 radical (unpaired) electrons. The van der Waals surface area contributed by atoms with Crippen molar-refractivity contribution in [2.45, 2.75) is 69.2 Å². The predicted octanol–water partition coefficient (Wildman–Crippen LogP) is 5.62. The zero-order valence-electron chi connectivity index (χ0n) is 12.8. The van der Waals surface area contributed by atoms with Crippen LogP contribution in [0.4, 0.5) is 0 Å². The fourth-order valence-corrected chi connectivity index (χ4v) is 4.69. The molecule has 1 aromatic carbocycles. The third kappa shape index (κ3) is 5.09. The van der Waals surface area contributed by atoms with Gasteiger partial charge in [-0.2, -0.15) is 0 Å². The standard InChI is InChI=1S/C17H26BrNS/c1-12(2)19-11-14-10-15(18)7-8-17(14)20-16-6-4-5-13(3)9-16/h7-8,10,12-13,16,19H,4-6,9,11H2,1-3H3. The lowest BCUT2D eigenvalue weighted by atomic mass is 9.91. The van der Waals surface area contributed by atoms with E-state index < -0.39 is 0 Å². The van der Waals surface area contributed by atoms with Crippen molar-refractivity contribution in [3.63, 3.8) is 0 Å². The van der Waals surface area contributed by atoms with E-state index in [1.807, 2.05) is 0 Å². The molecule has 0 aliphatic heterocycles. The van der Waals surface area contributed by atoms with Crippen molar-refractivity contribution in [3.05, 3.63) is 28.2 Å². The second kappa shape index (κ2) is 7.86. The Morgan fingerprint density at radius 2 is 2.15 bits per heavy atom. The van der Waals surface area contributed by atoms with E-state index in [0.29, 0.717) is 6.04 Å². The summed E-state index contributed by atoms with van der Waals surface area (Å²) in [6.45, 7) is 7.76. The second-order valence-corrected chi connectivity index (χ2v) is 8.56. The Kier molecular flexibility index (Phi) is 6.44. The highest BCUT2D eigenvalue weighted by Gasteiger charge is 2.20. The van der Waals surface area contributed by atoms with Gasteiger partial charge < -0.3 is 5.32 Å². The van der Waals surface area contributed by atoms with E-state index in [4.69, 9.17) is 0 Å². The number of nitrogens with one attached hydrogen (secondary N) is 1. The van der Waals surface area contributed by atoms with Gasteiger partial charge in [0.1, 0.15) is 0 Å². The first-order valence-electron chi connectivity index (χ1n) is 7.73. The van der Waals surface area contributed by atoms with Crippen molar-refractivity contribution < 1.29 is 0 Å². The molecule has 1 aliphatic rings. The topological polar surface area (TPSA) is 12.0 Å². The van der Waals surface area contributed by atoms with Crippen LogP contribution in [0.3, 0.4) is 0 Å². The quantitative estimate of drug-likeness (QED) is 0.735. The molecule has 20 heavy (non-hydrogen) atoms. The Labute approximate surface area is 136 Å². The van der Waals surface area contributed by atoms with Crippen molar-refractivity contribution in [3.8, 4) is 0 Å². The molecule has 112 valence electrons. The van der Waals surface area contributed by atoms with Gasteiger partial charge in [-0.15, -0.1) is 11.8 Å².